The van der Waals surface area contributed by atoms with Gasteiger partial charge in [0.2, 0.25) is 0 Å². The molecule has 3 aromatic rings. The second kappa shape index (κ2) is 12.2. The number of unbranched alkanes of at least 4 members (excludes halogenated alkanes) is 1. The fourth-order valence-electron chi connectivity index (χ4n) is 4.43. The molecule has 1 aliphatic rings. The van der Waals surface area contributed by atoms with Crippen LogP contribution in [0.5, 0.6) is 17.2 Å². The molecule has 0 unspecified atom stereocenters. The summed E-state index contributed by atoms with van der Waals surface area (Å²) < 4.78 is 29.7. The molecule has 0 N–H and O–H groups in total. The molecule has 0 spiro atoms. The zero-order valence-electron chi connectivity index (χ0n) is 21.2. The van der Waals surface area contributed by atoms with Crippen LogP contribution in [0.2, 0.25) is 0 Å². The lowest BCUT2D eigenvalue weighted by Crippen LogP contribution is -2.39. The molecule has 1 saturated heterocycles. The molecule has 0 saturated carbocycles. The predicted molar refractivity (Wildman–Crippen MR) is 138 cm³/mol. The van der Waals surface area contributed by atoms with E-state index in [1.165, 1.54) is 0 Å². The molecule has 6 heteroatoms. The van der Waals surface area contributed by atoms with Crippen LogP contribution in [-0.2, 0) is 16.1 Å². The molecular formula is C29H37NO5. The van der Waals surface area contributed by atoms with Gasteiger partial charge < -0.3 is 23.7 Å². The zero-order chi connectivity index (χ0) is 24.5. The number of hydrogen-bond acceptors (Lipinski definition) is 6. The van der Waals surface area contributed by atoms with Gasteiger partial charge >= 0.3 is 0 Å². The summed E-state index contributed by atoms with van der Waals surface area (Å²) >= 11 is 0. The number of para-hydroxylation sites is 1. The Hall–Kier alpha value is -2.83. The van der Waals surface area contributed by atoms with Crippen molar-refractivity contribution in [1.29, 1.82) is 0 Å². The molecule has 4 rings (SSSR count). The number of pyridine rings is 1. The van der Waals surface area contributed by atoms with Crippen molar-refractivity contribution in [2.24, 2.45) is 0 Å². The van der Waals surface area contributed by atoms with Crippen molar-refractivity contribution in [2.75, 3.05) is 33.5 Å². The van der Waals surface area contributed by atoms with Crippen LogP contribution >= 0.6 is 0 Å². The second-order valence-corrected chi connectivity index (χ2v) is 9.09. The molecule has 2 aromatic carbocycles. The topological polar surface area (TPSA) is 59.0 Å². The average molecular weight is 480 g/mol. The van der Waals surface area contributed by atoms with Crippen molar-refractivity contribution in [3.05, 3.63) is 59.8 Å². The minimum absolute atomic E-state index is 0.150. The number of nitrogens with zero attached hydrogens (tertiary/aromatic N) is 1. The molecule has 1 aliphatic heterocycles. The highest BCUT2D eigenvalue weighted by molar-refractivity contribution is 5.86. The van der Waals surface area contributed by atoms with Crippen molar-refractivity contribution in [1.82, 2.24) is 4.98 Å². The lowest BCUT2D eigenvalue weighted by atomic mass is 9.91. The number of ether oxygens (including phenoxy) is 5. The van der Waals surface area contributed by atoms with Crippen molar-refractivity contribution in [3.63, 3.8) is 0 Å². The average Bonchev–Trinajstić information content (AvgIpc) is 2.90. The van der Waals surface area contributed by atoms with Crippen LogP contribution in [0.4, 0.5) is 0 Å². The first-order valence-corrected chi connectivity index (χ1v) is 12.6. The summed E-state index contributed by atoms with van der Waals surface area (Å²) in [5, 5.41) is 1.04. The van der Waals surface area contributed by atoms with Gasteiger partial charge in [-0.3, -0.25) is 0 Å². The van der Waals surface area contributed by atoms with Gasteiger partial charge in [-0.15, -0.1) is 0 Å². The van der Waals surface area contributed by atoms with Crippen molar-refractivity contribution in [2.45, 2.75) is 58.2 Å². The molecule has 0 bridgehead atoms. The Morgan fingerprint density at radius 3 is 2.49 bits per heavy atom. The van der Waals surface area contributed by atoms with E-state index < -0.39 is 0 Å². The first-order chi connectivity index (χ1) is 17.1. The maximum atomic E-state index is 6.18. The summed E-state index contributed by atoms with van der Waals surface area (Å²) in [7, 11) is 1.78. The van der Waals surface area contributed by atoms with Gasteiger partial charge in [0, 0.05) is 43.8 Å². The van der Waals surface area contributed by atoms with Gasteiger partial charge in [-0.1, -0.05) is 31.5 Å². The van der Waals surface area contributed by atoms with Crippen LogP contribution in [0.25, 0.3) is 10.9 Å². The molecule has 0 atom stereocenters. The van der Waals surface area contributed by atoms with Crippen molar-refractivity contribution < 1.29 is 23.7 Å². The lowest BCUT2D eigenvalue weighted by molar-refractivity contribution is -0.0983. The van der Waals surface area contributed by atoms with E-state index in [9.17, 15) is 0 Å². The number of rotatable bonds is 12. The summed E-state index contributed by atoms with van der Waals surface area (Å²) in [4.78, 5) is 4.86. The van der Waals surface area contributed by atoms with E-state index in [1.807, 2.05) is 42.5 Å². The molecule has 0 radical (unpaired) electrons. The minimum Gasteiger partial charge on any atom is -0.493 e. The summed E-state index contributed by atoms with van der Waals surface area (Å²) in [6.45, 7) is 7.34. The van der Waals surface area contributed by atoms with Gasteiger partial charge in [0.05, 0.1) is 30.0 Å². The molecular weight excluding hydrogens is 442 g/mol. The Morgan fingerprint density at radius 2 is 1.71 bits per heavy atom. The molecule has 1 aromatic heterocycles. The third kappa shape index (κ3) is 6.44. The normalized spacial score (nSPS) is 15.2. The van der Waals surface area contributed by atoms with Gasteiger partial charge in [-0.2, -0.15) is 0 Å². The van der Waals surface area contributed by atoms with Gasteiger partial charge in [0.1, 0.15) is 23.9 Å². The highest BCUT2D eigenvalue weighted by Crippen LogP contribution is 2.32. The fraction of sp³-hybridized carbons (Fsp3) is 0.483. The Balaban J connectivity index is 1.41. The van der Waals surface area contributed by atoms with Crippen LogP contribution in [0.1, 0.15) is 50.3 Å². The lowest BCUT2D eigenvalue weighted by Gasteiger charge is -2.35. The Kier molecular flexibility index (Phi) is 8.83. The first kappa shape index (κ1) is 25.3. The van der Waals surface area contributed by atoms with E-state index in [0.29, 0.717) is 19.8 Å². The van der Waals surface area contributed by atoms with E-state index in [4.69, 9.17) is 28.7 Å². The van der Waals surface area contributed by atoms with Crippen LogP contribution in [0.15, 0.2) is 48.5 Å². The van der Waals surface area contributed by atoms with E-state index in [2.05, 4.69) is 19.9 Å². The minimum atomic E-state index is -0.150. The molecule has 6 nitrogen and oxygen atoms in total. The first-order valence-electron chi connectivity index (χ1n) is 12.6. The van der Waals surface area contributed by atoms with Gasteiger partial charge in [-0.05, 0) is 50.5 Å². The van der Waals surface area contributed by atoms with Gasteiger partial charge in [0.25, 0.3) is 0 Å². The monoisotopic (exact) mass is 479 g/mol. The van der Waals surface area contributed by atoms with E-state index in [-0.39, 0.29) is 5.60 Å². The molecule has 0 amide bonds. The number of methoxy groups -OCH3 is 1. The summed E-state index contributed by atoms with van der Waals surface area (Å²) in [5.74, 6) is 2.44. The highest BCUT2D eigenvalue weighted by atomic mass is 16.5. The zero-order valence-corrected chi connectivity index (χ0v) is 21.2. The number of benzene rings is 2. The Labute approximate surface area is 208 Å². The van der Waals surface area contributed by atoms with Crippen LogP contribution in [0.3, 0.4) is 0 Å². The van der Waals surface area contributed by atoms with E-state index >= 15 is 0 Å². The van der Waals surface area contributed by atoms with E-state index in [0.717, 1.165) is 84.7 Å². The number of hydrogen-bond donors (Lipinski definition) is 0. The molecule has 2 heterocycles. The molecule has 188 valence electrons. The van der Waals surface area contributed by atoms with Crippen LogP contribution < -0.4 is 14.2 Å². The highest BCUT2D eigenvalue weighted by Gasteiger charge is 2.32. The van der Waals surface area contributed by atoms with Crippen LogP contribution in [-0.4, -0.2) is 44.1 Å². The largest absolute Gasteiger partial charge is 0.493 e. The van der Waals surface area contributed by atoms with Crippen molar-refractivity contribution >= 4 is 10.9 Å². The third-order valence-corrected chi connectivity index (χ3v) is 6.77. The number of aromatic nitrogens is 1. The Bertz CT molecular complexity index is 1090. The summed E-state index contributed by atoms with van der Waals surface area (Å²) in [6.07, 6.45) is 4.75. The SMILES string of the molecule is CCCCOc1c(C)c(COc2cccc(OCCC3(OC)CCOCC3)c2)nc2ccccc12. The fourth-order valence-corrected chi connectivity index (χ4v) is 4.43. The third-order valence-electron chi connectivity index (χ3n) is 6.77. The maximum Gasteiger partial charge on any atom is 0.133 e. The Morgan fingerprint density at radius 1 is 0.943 bits per heavy atom. The van der Waals surface area contributed by atoms with E-state index in [1.54, 1.807) is 7.11 Å². The standard InChI is InChI=1S/C29H37NO5/c1-4-5-16-34-28-22(2)27(30-26-12-7-6-11-25(26)28)21-35-24-10-8-9-23(20-24)33-19-15-29(31-3)13-17-32-18-14-29/h6-12,20H,4-5,13-19,21H2,1-3H3. The molecule has 1 fully saturated rings. The van der Waals surface area contributed by atoms with Crippen LogP contribution in [0, 0.1) is 6.92 Å². The maximum absolute atomic E-state index is 6.18. The molecule has 0 aliphatic carbocycles. The second-order valence-electron chi connectivity index (χ2n) is 9.09. The summed E-state index contributed by atoms with van der Waals surface area (Å²) in [6, 6.07) is 15.9. The van der Waals surface area contributed by atoms with Gasteiger partial charge in [0.15, 0.2) is 0 Å². The van der Waals surface area contributed by atoms with Crippen molar-refractivity contribution in [3.8, 4) is 17.2 Å². The number of fused-ring (bicyclic) bond motifs is 1. The smallest absolute Gasteiger partial charge is 0.133 e. The molecule has 35 heavy (non-hydrogen) atoms. The van der Waals surface area contributed by atoms with Gasteiger partial charge in [-0.25, -0.2) is 4.98 Å². The quantitative estimate of drug-likeness (QED) is 0.286. The summed E-state index contributed by atoms with van der Waals surface area (Å²) in [5.41, 5.74) is 2.67. The predicted octanol–water partition coefficient (Wildman–Crippen LogP) is 6.27.